The summed E-state index contributed by atoms with van der Waals surface area (Å²) in [7, 11) is 0. The number of benzene rings is 7. The van der Waals surface area contributed by atoms with Gasteiger partial charge in [-0.1, -0.05) is 127 Å². The molecule has 10 aromatic rings. The largest absolute Gasteiger partial charge is 0.455 e. The maximum atomic E-state index is 6.40. The lowest BCUT2D eigenvalue weighted by atomic mass is 9.96. The van der Waals surface area contributed by atoms with E-state index < -0.39 is 0 Å². The first-order valence-corrected chi connectivity index (χ1v) is 16.7. The highest BCUT2D eigenvalue weighted by atomic mass is 16.3. The Morgan fingerprint density at radius 1 is 0.367 bits per heavy atom. The maximum absolute atomic E-state index is 6.40. The lowest BCUT2D eigenvalue weighted by Gasteiger charge is -2.10. The highest BCUT2D eigenvalue weighted by Gasteiger charge is 2.25. The fourth-order valence-electron chi connectivity index (χ4n) is 7.81. The van der Waals surface area contributed by atoms with Crippen LogP contribution in [0.5, 0.6) is 0 Å². The Morgan fingerprint density at radius 3 is 1.78 bits per heavy atom. The van der Waals surface area contributed by atoms with Crippen molar-refractivity contribution in [2.24, 2.45) is 0 Å². The Balaban J connectivity index is 0.980. The topological polar surface area (TPSA) is 38.9 Å². The third-order valence-corrected chi connectivity index (χ3v) is 10.2. The number of nitrogens with zero attached hydrogens (tertiary/aromatic N) is 2. The zero-order chi connectivity index (χ0) is 32.1. The van der Waals surface area contributed by atoms with E-state index in [0.29, 0.717) is 0 Å². The Morgan fingerprint density at radius 2 is 1.00 bits per heavy atom. The van der Waals surface area contributed by atoms with Crippen molar-refractivity contribution in [3.63, 3.8) is 0 Å². The van der Waals surface area contributed by atoms with E-state index in [9.17, 15) is 0 Å². The number of pyridine rings is 2. The molecule has 0 unspecified atom stereocenters. The van der Waals surface area contributed by atoms with Gasteiger partial charge in [0.05, 0.1) is 22.4 Å². The first-order chi connectivity index (χ1) is 24.3. The van der Waals surface area contributed by atoms with Crippen LogP contribution in [0.4, 0.5) is 0 Å². The van der Waals surface area contributed by atoms with Gasteiger partial charge in [-0.25, -0.2) is 9.97 Å². The zero-order valence-electron chi connectivity index (χ0n) is 26.3. The van der Waals surface area contributed by atoms with E-state index in [0.717, 1.165) is 60.9 Å². The standard InChI is InChI=1S/C46H26N2O/c1-2-7-28(8-3-1)40-23-20-30-17-18-31-21-24-41(48-45(31)44(30)47-40)29-15-13-27(14-16-29)32-19-22-33-37(25-32)35-10-6-11-36-43(35)38(33)26-39-34-9-4-5-12-42(34)49-46(36)39/h1-26H. The SMILES string of the molecule is c1ccc(-c2ccc3ccc4ccc(-c5ccc(-c6ccc7c(c6)-c6cccc8c6c-7cc6c7ccccc7oc86)cc5)nc4c3n2)cc1. The van der Waals surface area contributed by atoms with E-state index in [2.05, 4.69) is 133 Å². The van der Waals surface area contributed by atoms with Gasteiger partial charge in [0, 0.05) is 43.4 Å². The van der Waals surface area contributed by atoms with Crippen LogP contribution in [0.3, 0.4) is 0 Å². The molecule has 49 heavy (non-hydrogen) atoms. The highest BCUT2D eigenvalue weighted by molar-refractivity contribution is 6.26. The molecule has 3 aromatic heterocycles. The smallest absolute Gasteiger partial charge is 0.143 e. The molecule has 226 valence electrons. The van der Waals surface area contributed by atoms with E-state index >= 15 is 0 Å². The van der Waals surface area contributed by atoms with Gasteiger partial charge < -0.3 is 4.42 Å². The quantitative estimate of drug-likeness (QED) is 0.184. The van der Waals surface area contributed by atoms with Crippen molar-refractivity contribution in [2.75, 3.05) is 0 Å². The van der Waals surface area contributed by atoms with Crippen molar-refractivity contribution in [1.82, 2.24) is 9.97 Å². The van der Waals surface area contributed by atoms with E-state index in [1.807, 2.05) is 24.3 Å². The minimum atomic E-state index is 0.920. The Labute approximate surface area is 281 Å². The first kappa shape index (κ1) is 26.5. The van der Waals surface area contributed by atoms with Crippen molar-refractivity contribution < 1.29 is 4.42 Å². The number of hydrogen-bond acceptors (Lipinski definition) is 3. The molecule has 1 aliphatic carbocycles. The summed E-state index contributed by atoms with van der Waals surface area (Å²) >= 11 is 0. The third kappa shape index (κ3) is 3.90. The van der Waals surface area contributed by atoms with E-state index in [-0.39, 0.29) is 0 Å². The predicted octanol–water partition coefficient (Wildman–Crippen LogP) is 12.5. The molecule has 0 bridgehead atoms. The molecule has 0 saturated heterocycles. The molecule has 0 atom stereocenters. The van der Waals surface area contributed by atoms with Gasteiger partial charge >= 0.3 is 0 Å². The lowest BCUT2D eigenvalue weighted by Crippen LogP contribution is -1.91. The van der Waals surface area contributed by atoms with Crippen LogP contribution in [0.25, 0.3) is 110 Å². The van der Waals surface area contributed by atoms with Crippen LogP contribution in [-0.4, -0.2) is 9.97 Å². The molecule has 0 aliphatic heterocycles. The van der Waals surface area contributed by atoms with Gasteiger partial charge in [0.1, 0.15) is 11.2 Å². The molecule has 0 radical (unpaired) electrons. The Hall–Kier alpha value is -6.58. The van der Waals surface area contributed by atoms with Crippen LogP contribution >= 0.6 is 0 Å². The molecule has 3 nitrogen and oxygen atoms in total. The van der Waals surface area contributed by atoms with Gasteiger partial charge in [-0.05, 0) is 63.7 Å². The molecule has 0 N–H and O–H groups in total. The number of para-hydroxylation sites is 1. The molecule has 0 fully saturated rings. The van der Waals surface area contributed by atoms with Crippen LogP contribution in [-0.2, 0) is 0 Å². The molecular weight excluding hydrogens is 597 g/mol. The molecule has 0 amide bonds. The van der Waals surface area contributed by atoms with Crippen molar-refractivity contribution in [3.05, 3.63) is 158 Å². The van der Waals surface area contributed by atoms with Gasteiger partial charge in [-0.3, -0.25) is 0 Å². The minimum absolute atomic E-state index is 0.920. The van der Waals surface area contributed by atoms with Gasteiger partial charge in [-0.2, -0.15) is 0 Å². The highest BCUT2D eigenvalue weighted by Crippen LogP contribution is 2.51. The second kappa shape index (κ2) is 9.96. The van der Waals surface area contributed by atoms with Gasteiger partial charge in [-0.15, -0.1) is 0 Å². The van der Waals surface area contributed by atoms with Crippen molar-refractivity contribution >= 4 is 54.5 Å². The summed E-state index contributed by atoms with van der Waals surface area (Å²) in [6, 6.07) is 56.0. The molecule has 3 heterocycles. The first-order valence-electron chi connectivity index (χ1n) is 16.7. The Kier molecular flexibility index (Phi) is 5.38. The number of furan rings is 1. The lowest BCUT2D eigenvalue weighted by molar-refractivity contribution is 0.672. The molecule has 0 spiro atoms. The number of hydrogen-bond donors (Lipinski definition) is 0. The molecule has 7 aromatic carbocycles. The van der Waals surface area contributed by atoms with Crippen LogP contribution in [0.15, 0.2) is 162 Å². The molecule has 11 rings (SSSR count). The van der Waals surface area contributed by atoms with Crippen LogP contribution in [0.1, 0.15) is 0 Å². The number of aromatic nitrogens is 2. The average molecular weight is 623 g/mol. The Bertz CT molecular complexity index is 2970. The summed E-state index contributed by atoms with van der Waals surface area (Å²) in [4.78, 5) is 10.2. The summed E-state index contributed by atoms with van der Waals surface area (Å²) in [5.41, 5.74) is 15.3. The minimum Gasteiger partial charge on any atom is -0.455 e. The molecule has 0 saturated carbocycles. The summed E-state index contributed by atoms with van der Waals surface area (Å²) < 4.78 is 6.40. The normalized spacial score (nSPS) is 12.1. The number of rotatable bonds is 3. The zero-order valence-corrected chi connectivity index (χ0v) is 26.3. The van der Waals surface area contributed by atoms with Crippen molar-refractivity contribution in [1.29, 1.82) is 0 Å². The van der Waals surface area contributed by atoms with Gasteiger partial charge in [0.25, 0.3) is 0 Å². The third-order valence-electron chi connectivity index (χ3n) is 10.2. The summed E-state index contributed by atoms with van der Waals surface area (Å²) in [6.07, 6.45) is 0. The van der Waals surface area contributed by atoms with Gasteiger partial charge in [0.2, 0.25) is 0 Å². The summed E-state index contributed by atoms with van der Waals surface area (Å²) in [5, 5.41) is 6.95. The van der Waals surface area contributed by atoms with Gasteiger partial charge in [0.15, 0.2) is 0 Å². The van der Waals surface area contributed by atoms with Crippen LogP contribution in [0, 0.1) is 0 Å². The average Bonchev–Trinajstić information content (AvgIpc) is 3.71. The van der Waals surface area contributed by atoms with Crippen LogP contribution < -0.4 is 0 Å². The van der Waals surface area contributed by atoms with E-state index in [1.54, 1.807) is 0 Å². The van der Waals surface area contributed by atoms with Crippen molar-refractivity contribution in [2.45, 2.75) is 0 Å². The molecular formula is C46H26N2O. The molecule has 3 heteroatoms. The maximum Gasteiger partial charge on any atom is 0.143 e. The molecule has 1 aliphatic rings. The van der Waals surface area contributed by atoms with Crippen molar-refractivity contribution in [3.8, 4) is 55.9 Å². The van der Waals surface area contributed by atoms with E-state index in [1.165, 1.54) is 49.5 Å². The number of fused-ring (bicyclic) bond motifs is 10. The summed E-state index contributed by atoms with van der Waals surface area (Å²) in [5.74, 6) is 0. The monoisotopic (exact) mass is 622 g/mol. The fraction of sp³-hybridized carbons (Fsp3) is 0. The second-order valence-electron chi connectivity index (χ2n) is 12.9. The van der Waals surface area contributed by atoms with Crippen LogP contribution in [0.2, 0.25) is 0 Å². The predicted molar refractivity (Wildman–Crippen MR) is 203 cm³/mol. The summed E-state index contributed by atoms with van der Waals surface area (Å²) in [6.45, 7) is 0. The second-order valence-corrected chi connectivity index (χ2v) is 12.9. The van der Waals surface area contributed by atoms with E-state index in [4.69, 9.17) is 14.4 Å². The fourth-order valence-corrected chi connectivity index (χ4v) is 7.81.